The lowest BCUT2D eigenvalue weighted by atomic mass is 10.0. The van der Waals surface area contributed by atoms with Crippen molar-refractivity contribution in [2.24, 2.45) is 0 Å². The molecule has 8 aromatic rings. The minimum atomic E-state index is -2.88. The fourth-order valence-corrected chi connectivity index (χ4v) is 12.2. The zero-order valence-electron chi connectivity index (χ0n) is 27.0. The van der Waals surface area contributed by atoms with Crippen LogP contribution in [-0.4, -0.2) is 12.6 Å². The standard InChI is InChI=1S/C45H28N4Si/c46-29-32-19-21-44-42(25-32)43-26-33(30-47)20-22-45(43)49(44)37-12-10-11-35(27-37)36-23-34(31-48)24-41(28-36)50(38-13-4-1-5-14-38,39-15-6-2-7-16-39)40-17-8-3-9-18-40/h1-28H. The van der Waals surface area contributed by atoms with Crippen LogP contribution in [0.15, 0.2) is 170 Å². The normalized spacial score (nSPS) is 11.1. The molecule has 0 fully saturated rings. The molecular formula is C45H28N4Si. The lowest BCUT2D eigenvalue weighted by Crippen LogP contribution is -2.74. The van der Waals surface area contributed by atoms with Crippen LogP contribution in [0.25, 0.3) is 38.6 Å². The van der Waals surface area contributed by atoms with Crippen molar-refractivity contribution in [2.75, 3.05) is 0 Å². The molecule has 0 N–H and O–H groups in total. The number of aromatic nitrogens is 1. The summed E-state index contributed by atoms with van der Waals surface area (Å²) < 4.78 is 2.18. The second-order valence-electron chi connectivity index (χ2n) is 12.3. The third-order valence-electron chi connectivity index (χ3n) is 9.58. The van der Waals surface area contributed by atoms with Crippen LogP contribution in [0, 0.1) is 34.0 Å². The first-order valence-corrected chi connectivity index (χ1v) is 18.4. The van der Waals surface area contributed by atoms with Crippen LogP contribution in [0.1, 0.15) is 16.7 Å². The van der Waals surface area contributed by atoms with Crippen LogP contribution in [-0.2, 0) is 0 Å². The fourth-order valence-electron chi connectivity index (χ4n) is 7.40. The second kappa shape index (κ2) is 12.6. The van der Waals surface area contributed by atoms with Gasteiger partial charge in [-0.3, -0.25) is 0 Å². The summed E-state index contributed by atoms with van der Waals surface area (Å²) in [5.41, 5.74) is 6.51. The topological polar surface area (TPSA) is 76.3 Å². The van der Waals surface area contributed by atoms with Crippen LogP contribution < -0.4 is 20.7 Å². The maximum atomic E-state index is 10.5. The summed E-state index contributed by atoms with van der Waals surface area (Å²) in [6, 6.07) is 65.2. The molecule has 0 bridgehead atoms. The molecule has 0 radical (unpaired) electrons. The summed E-state index contributed by atoms with van der Waals surface area (Å²) in [4.78, 5) is 0. The van der Waals surface area contributed by atoms with Crippen molar-refractivity contribution in [1.82, 2.24) is 4.57 Å². The highest BCUT2D eigenvalue weighted by Gasteiger charge is 2.41. The Morgan fingerprint density at radius 2 is 0.880 bits per heavy atom. The van der Waals surface area contributed by atoms with Gasteiger partial charge in [-0.2, -0.15) is 15.8 Å². The smallest absolute Gasteiger partial charge is 0.179 e. The van der Waals surface area contributed by atoms with Gasteiger partial charge >= 0.3 is 0 Å². The molecule has 0 spiro atoms. The zero-order chi connectivity index (χ0) is 34.1. The highest BCUT2D eigenvalue weighted by Crippen LogP contribution is 2.34. The van der Waals surface area contributed by atoms with Crippen molar-refractivity contribution >= 4 is 50.6 Å². The van der Waals surface area contributed by atoms with Crippen LogP contribution in [0.2, 0.25) is 0 Å². The maximum absolute atomic E-state index is 10.5. The molecule has 4 nitrogen and oxygen atoms in total. The number of hydrogen-bond acceptors (Lipinski definition) is 3. The Kier molecular flexibility index (Phi) is 7.63. The Morgan fingerprint density at radius 1 is 0.380 bits per heavy atom. The lowest BCUT2D eigenvalue weighted by Gasteiger charge is -2.34. The van der Waals surface area contributed by atoms with E-state index in [0.29, 0.717) is 16.7 Å². The molecule has 0 saturated carbocycles. The Balaban J connectivity index is 1.38. The molecular weight excluding hydrogens is 625 g/mol. The molecule has 0 atom stereocenters. The maximum Gasteiger partial charge on any atom is 0.179 e. The Hall–Kier alpha value is -6.97. The molecule has 0 saturated heterocycles. The largest absolute Gasteiger partial charge is 0.309 e. The molecule has 0 amide bonds. The van der Waals surface area contributed by atoms with Gasteiger partial charge in [0.2, 0.25) is 0 Å². The number of nitrogens with zero attached hydrogens (tertiary/aromatic N) is 4. The van der Waals surface area contributed by atoms with Gasteiger partial charge in [-0.15, -0.1) is 0 Å². The highest BCUT2D eigenvalue weighted by atomic mass is 28.3. The van der Waals surface area contributed by atoms with Crippen molar-refractivity contribution in [2.45, 2.75) is 0 Å². The van der Waals surface area contributed by atoms with E-state index in [1.54, 1.807) is 0 Å². The van der Waals surface area contributed by atoms with Gasteiger partial charge in [0.25, 0.3) is 0 Å². The predicted molar refractivity (Wildman–Crippen MR) is 204 cm³/mol. The van der Waals surface area contributed by atoms with Gasteiger partial charge in [-0.1, -0.05) is 109 Å². The van der Waals surface area contributed by atoms with Crippen LogP contribution in [0.5, 0.6) is 0 Å². The number of fused-ring (bicyclic) bond motifs is 3. The van der Waals surface area contributed by atoms with Crippen molar-refractivity contribution in [3.8, 4) is 35.0 Å². The first-order valence-electron chi connectivity index (χ1n) is 16.4. The van der Waals surface area contributed by atoms with Crippen LogP contribution in [0.3, 0.4) is 0 Å². The molecule has 1 aromatic heterocycles. The first-order chi connectivity index (χ1) is 24.6. The fraction of sp³-hybridized carbons (Fsp3) is 0. The van der Waals surface area contributed by atoms with Gasteiger partial charge < -0.3 is 4.57 Å². The SMILES string of the molecule is N#Cc1cc(-c2cccc(-n3c4ccc(C#N)cc4c4cc(C#N)ccc43)c2)cc([Si](c2ccccc2)(c2ccccc2)c2ccccc2)c1. The second-order valence-corrected chi connectivity index (χ2v) is 16.1. The molecule has 232 valence electrons. The van der Waals surface area contributed by atoms with Crippen LogP contribution >= 0.6 is 0 Å². The van der Waals surface area contributed by atoms with E-state index in [4.69, 9.17) is 0 Å². The van der Waals surface area contributed by atoms with Crippen molar-refractivity contribution in [3.05, 3.63) is 187 Å². The van der Waals surface area contributed by atoms with Gasteiger partial charge in [-0.25, -0.2) is 0 Å². The predicted octanol–water partition coefficient (Wildman–Crippen LogP) is 7.44. The summed E-state index contributed by atoms with van der Waals surface area (Å²) in [6.45, 7) is 0. The van der Waals surface area contributed by atoms with E-state index in [1.165, 1.54) is 15.6 Å². The summed E-state index contributed by atoms with van der Waals surface area (Å²) in [7, 11) is -2.88. The first kappa shape index (κ1) is 30.4. The quantitative estimate of drug-likeness (QED) is 0.138. The minimum absolute atomic E-state index is 0.566. The van der Waals surface area contributed by atoms with Crippen molar-refractivity contribution in [3.63, 3.8) is 0 Å². The number of rotatable bonds is 6. The van der Waals surface area contributed by atoms with E-state index in [9.17, 15) is 15.8 Å². The van der Waals surface area contributed by atoms with Gasteiger partial charge in [0.05, 0.1) is 45.9 Å². The average molecular weight is 653 g/mol. The molecule has 1 heterocycles. The lowest BCUT2D eigenvalue weighted by molar-refractivity contribution is 1.18. The third-order valence-corrected chi connectivity index (χ3v) is 14.3. The zero-order valence-corrected chi connectivity index (χ0v) is 28.0. The Labute approximate surface area is 291 Å². The van der Waals surface area contributed by atoms with Gasteiger partial charge in [0.15, 0.2) is 8.07 Å². The van der Waals surface area contributed by atoms with E-state index in [2.05, 4.69) is 144 Å². The molecule has 0 aliphatic heterocycles. The third kappa shape index (κ3) is 4.97. The van der Waals surface area contributed by atoms with Gasteiger partial charge in [0.1, 0.15) is 0 Å². The van der Waals surface area contributed by atoms with E-state index in [-0.39, 0.29) is 0 Å². The number of nitriles is 3. The minimum Gasteiger partial charge on any atom is -0.309 e. The van der Waals surface area contributed by atoms with E-state index in [1.807, 2.05) is 48.5 Å². The number of benzene rings is 7. The molecule has 7 aromatic carbocycles. The van der Waals surface area contributed by atoms with Gasteiger partial charge in [-0.05, 0) is 92.5 Å². The Bertz CT molecular complexity index is 2510. The molecule has 5 heteroatoms. The summed E-state index contributed by atoms with van der Waals surface area (Å²) in [6.07, 6.45) is 0. The monoisotopic (exact) mass is 652 g/mol. The molecule has 0 unspecified atom stereocenters. The van der Waals surface area contributed by atoms with Gasteiger partial charge in [0, 0.05) is 16.5 Å². The molecule has 0 aliphatic carbocycles. The van der Waals surface area contributed by atoms with E-state index >= 15 is 0 Å². The summed E-state index contributed by atoms with van der Waals surface area (Å²) in [5.74, 6) is 0. The van der Waals surface area contributed by atoms with E-state index < -0.39 is 8.07 Å². The average Bonchev–Trinajstić information content (AvgIpc) is 3.52. The highest BCUT2D eigenvalue weighted by molar-refractivity contribution is 7.19. The Morgan fingerprint density at radius 3 is 1.36 bits per heavy atom. The van der Waals surface area contributed by atoms with Crippen molar-refractivity contribution in [1.29, 1.82) is 15.8 Å². The van der Waals surface area contributed by atoms with Crippen molar-refractivity contribution < 1.29 is 0 Å². The number of hydrogen-bond donors (Lipinski definition) is 0. The van der Waals surface area contributed by atoms with E-state index in [0.717, 1.165) is 43.8 Å². The molecule has 0 aliphatic rings. The summed E-state index contributed by atoms with van der Waals surface area (Å²) >= 11 is 0. The summed E-state index contributed by atoms with van der Waals surface area (Å²) in [5, 5.41) is 36.5. The molecule has 8 rings (SSSR count). The molecule has 50 heavy (non-hydrogen) atoms. The van der Waals surface area contributed by atoms with Crippen LogP contribution in [0.4, 0.5) is 0 Å².